The van der Waals surface area contributed by atoms with Gasteiger partial charge < -0.3 is 10.2 Å². The molecule has 1 N–H and O–H groups in total. The fraction of sp³-hybridized carbons (Fsp3) is 0.571. The van der Waals surface area contributed by atoms with Crippen molar-refractivity contribution in [1.29, 1.82) is 0 Å². The Morgan fingerprint density at radius 3 is 3.05 bits per heavy atom. The topological polar surface area (TPSA) is 48.7 Å². The van der Waals surface area contributed by atoms with Crippen LogP contribution in [-0.4, -0.2) is 70.7 Å². The Balaban J connectivity index is 1.74. The molecule has 0 radical (unpaired) electrons. The summed E-state index contributed by atoms with van der Waals surface area (Å²) >= 11 is 0. The molecule has 108 valence electrons. The van der Waals surface area contributed by atoms with Crippen LogP contribution in [0, 0.1) is 6.92 Å². The summed E-state index contributed by atoms with van der Waals surface area (Å²) in [6.07, 6.45) is 1.79. The van der Waals surface area contributed by atoms with E-state index in [0.717, 1.165) is 43.3 Å². The molecule has 0 amide bonds. The van der Waals surface area contributed by atoms with Crippen LogP contribution in [0.15, 0.2) is 18.3 Å². The molecule has 2 aromatic heterocycles. The van der Waals surface area contributed by atoms with Crippen molar-refractivity contribution in [1.82, 2.24) is 24.4 Å². The molecule has 0 spiro atoms. The molecule has 1 fully saturated rings. The first-order valence-electron chi connectivity index (χ1n) is 7.07. The van der Waals surface area contributed by atoms with Gasteiger partial charge in [-0.1, -0.05) is 0 Å². The number of nitrogens with one attached hydrogen (secondary N) is 1. The molecule has 3 heterocycles. The van der Waals surface area contributed by atoms with Crippen molar-refractivity contribution in [3.05, 3.63) is 24.0 Å². The first-order chi connectivity index (χ1) is 9.63. The summed E-state index contributed by atoms with van der Waals surface area (Å²) in [6.45, 7) is 6.29. The van der Waals surface area contributed by atoms with Crippen LogP contribution in [0.5, 0.6) is 0 Å². The molecule has 0 aromatic carbocycles. The first kappa shape index (κ1) is 13.3. The summed E-state index contributed by atoms with van der Waals surface area (Å²) in [7, 11) is 4.38. The second-order valence-electron chi connectivity index (χ2n) is 5.66. The summed E-state index contributed by atoms with van der Waals surface area (Å²) in [5.74, 6) is 1.01. The van der Waals surface area contributed by atoms with E-state index in [4.69, 9.17) is 0 Å². The van der Waals surface area contributed by atoms with Crippen LogP contribution in [-0.2, 0) is 0 Å². The Bertz CT molecular complexity index is 592. The lowest BCUT2D eigenvalue weighted by Crippen LogP contribution is -2.52. The Morgan fingerprint density at radius 2 is 2.20 bits per heavy atom. The van der Waals surface area contributed by atoms with Crippen LogP contribution in [0.2, 0.25) is 0 Å². The van der Waals surface area contributed by atoms with Crippen LogP contribution in [0.4, 0.5) is 5.82 Å². The monoisotopic (exact) mass is 274 g/mol. The number of fused-ring (bicyclic) bond motifs is 1. The summed E-state index contributed by atoms with van der Waals surface area (Å²) in [5.41, 5.74) is 1.90. The number of hydrogen-bond donors (Lipinski definition) is 1. The fourth-order valence-corrected chi connectivity index (χ4v) is 2.71. The molecule has 1 atom stereocenters. The van der Waals surface area contributed by atoms with Crippen molar-refractivity contribution >= 4 is 11.5 Å². The van der Waals surface area contributed by atoms with Gasteiger partial charge in [0.05, 0.1) is 6.20 Å². The van der Waals surface area contributed by atoms with Gasteiger partial charge in [-0.3, -0.25) is 4.90 Å². The van der Waals surface area contributed by atoms with Gasteiger partial charge in [-0.2, -0.15) is 9.61 Å². The zero-order valence-electron chi connectivity index (χ0n) is 12.4. The van der Waals surface area contributed by atoms with Crippen LogP contribution in [0.25, 0.3) is 5.65 Å². The number of aryl methyl sites for hydroxylation is 1. The highest BCUT2D eigenvalue weighted by Crippen LogP contribution is 2.13. The lowest BCUT2D eigenvalue weighted by Gasteiger charge is -2.37. The van der Waals surface area contributed by atoms with E-state index in [2.05, 4.69) is 39.3 Å². The lowest BCUT2D eigenvalue weighted by atomic mass is 10.2. The average molecular weight is 274 g/mol. The molecule has 0 bridgehead atoms. The van der Waals surface area contributed by atoms with Crippen LogP contribution < -0.4 is 5.32 Å². The number of anilines is 1. The number of piperazine rings is 1. The maximum absolute atomic E-state index is 4.46. The van der Waals surface area contributed by atoms with Crippen LogP contribution in [0.1, 0.15) is 5.69 Å². The van der Waals surface area contributed by atoms with Crippen molar-refractivity contribution in [2.24, 2.45) is 0 Å². The van der Waals surface area contributed by atoms with Crippen LogP contribution >= 0.6 is 0 Å². The van der Waals surface area contributed by atoms with Crippen LogP contribution in [0.3, 0.4) is 0 Å². The molecule has 6 nitrogen and oxygen atoms in total. The van der Waals surface area contributed by atoms with Gasteiger partial charge in [0.15, 0.2) is 5.65 Å². The minimum atomic E-state index is 0.521. The summed E-state index contributed by atoms with van der Waals surface area (Å²) in [5, 5.41) is 7.85. The second kappa shape index (κ2) is 5.38. The fourth-order valence-electron chi connectivity index (χ4n) is 2.71. The molecule has 0 aliphatic carbocycles. The Hall–Kier alpha value is -1.66. The largest absolute Gasteiger partial charge is 0.368 e. The molecular weight excluding hydrogens is 252 g/mol. The molecule has 1 aliphatic heterocycles. The van der Waals surface area contributed by atoms with Gasteiger partial charge in [-0.05, 0) is 21.0 Å². The van der Waals surface area contributed by atoms with Crippen molar-refractivity contribution in [3.8, 4) is 0 Å². The second-order valence-corrected chi connectivity index (χ2v) is 5.66. The van der Waals surface area contributed by atoms with E-state index in [1.165, 1.54) is 0 Å². The van der Waals surface area contributed by atoms with Crippen molar-refractivity contribution in [2.75, 3.05) is 45.6 Å². The third kappa shape index (κ3) is 2.62. The summed E-state index contributed by atoms with van der Waals surface area (Å²) in [6, 6.07) is 4.50. The van der Waals surface area contributed by atoms with Gasteiger partial charge in [0.2, 0.25) is 0 Å². The standard InChI is InChI=1S/C14H22N6/c1-11-8-14(20-13(17-11)4-5-16-20)15-9-12-10-18(2)6-7-19(12)3/h4-5,8,12,15H,6-7,9-10H2,1-3H3. The molecule has 6 heteroatoms. The third-order valence-electron chi connectivity index (χ3n) is 3.99. The van der Waals surface area contributed by atoms with Crippen molar-refractivity contribution in [3.63, 3.8) is 0 Å². The lowest BCUT2D eigenvalue weighted by molar-refractivity contribution is 0.122. The molecule has 20 heavy (non-hydrogen) atoms. The van der Waals surface area contributed by atoms with Gasteiger partial charge in [-0.25, -0.2) is 4.98 Å². The number of nitrogens with zero attached hydrogens (tertiary/aromatic N) is 5. The minimum absolute atomic E-state index is 0.521. The predicted molar refractivity (Wildman–Crippen MR) is 80.1 cm³/mol. The number of aromatic nitrogens is 3. The smallest absolute Gasteiger partial charge is 0.157 e. The highest BCUT2D eigenvalue weighted by molar-refractivity contribution is 5.48. The molecule has 3 rings (SSSR count). The highest BCUT2D eigenvalue weighted by atomic mass is 15.3. The number of hydrogen-bond acceptors (Lipinski definition) is 5. The normalized spacial score (nSPS) is 21.4. The van der Waals surface area contributed by atoms with E-state index in [0.29, 0.717) is 6.04 Å². The number of rotatable bonds is 3. The molecule has 0 saturated carbocycles. The predicted octanol–water partition coefficient (Wildman–Crippen LogP) is 0.695. The van der Waals surface area contributed by atoms with Gasteiger partial charge >= 0.3 is 0 Å². The first-order valence-corrected chi connectivity index (χ1v) is 7.07. The molecule has 1 aliphatic rings. The minimum Gasteiger partial charge on any atom is -0.368 e. The van der Waals surface area contributed by atoms with E-state index in [9.17, 15) is 0 Å². The van der Waals surface area contributed by atoms with Crippen molar-refractivity contribution in [2.45, 2.75) is 13.0 Å². The van der Waals surface area contributed by atoms with Gasteiger partial charge in [-0.15, -0.1) is 0 Å². The maximum atomic E-state index is 4.46. The Kier molecular flexibility index (Phi) is 3.58. The molecule has 1 unspecified atom stereocenters. The van der Waals surface area contributed by atoms with Gasteiger partial charge in [0.25, 0.3) is 0 Å². The zero-order chi connectivity index (χ0) is 14.1. The zero-order valence-corrected chi connectivity index (χ0v) is 12.4. The quantitative estimate of drug-likeness (QED) is 0.892. The van der Waals surface area contributed by atoms with E-state index in [-0.39, 0.29) is 0 Å². The average Bonchev–Trinajstić information content (AvgIpc) is 2.87. The van der Waals surface area contributed by atoms with E-state index < -0.39 is 0 Å². The van der Waals surface area contributed by atoms with E-state index in [1.54, 1.807) is 6.20 Å². The third-order valence-corrected chi connectivity index (χ3v) is 3.99. The van der Waals surface area contributed by atoms with Crippen molar-refractivity contribution < 1.29 is 0 Å². The molecule has 2 aromatic rings. The maximum Gasteiger partial charge on any atom is 0.157 e. The Morgan fingerprint density at radius 1 is 1.35 bits per heavy atom. The molecular formula is C14H22N6. The van der Waals surface area contributed by atoms with E-state index >= 15 is 0 Å². The van der Waals surface area contributed by atoms with Gasteiger partial charge in [0.1, 0.15) is 5.82 Å². The molecule has 1 saturated heterocycles. The highest BCUT2D eigenvalue weighted by Gasteiger charge is 2.22. The Labute approximate surface area is 119 Å². The SMILES string of the molecule is Cc1cc(NCC2CN(C)CCN2C)n2nccc2n1. The number of likely N-dealkylation sites (N-methyl/N-ethyl adjacent to an activating group) is 2. The summed E-state index contributed by atoms with van der Waals surface area (Å²) < 4.78 is 1.86. The summed E-state index contributed by atoms with van der Waals surface area (Å²) in [4.78, 5) is 9.26. The van der Waals surface area contributed by atoms with E-state index in [1.807, 2.05) is 23.6 Å². The van der Waals surface area contributed by atoms with Gasteiger partial charge in [0, 0.05) is 50.0 Å².